The Morgan fingerprint density at radius 3 is 1.90 bits per heavy atom. The van der Waals surface area contributed by atoms with Crippen molar-refractivity contribution in [2.45, 2.75) is 25.3 Å². The Kier molecular flexibility index (Phi) is 7.52. The van der Waals surface area contributed by atoms with Crippen molar-refractivity contribution in [2.24, 2.45) is 7.05 Å². The lowest BCUT2D eigenvalue weighted by molar-refractivity contribution is -0.133. The number of hydrogen-bond donors (Lipinski definition) is 0. The number of aryl methyl sites for hydroxylation is 2. The Bertz CT molecular complexity index is 1530. The predicted molar refractivity (Wildman–Crippen MR) is 163 cm³/mol. The monoisotopic (exact) mass is 527 g/mol. The van der Waals surface area contributed by atoms with Crippen LogP contribution in [0.1, 0.15) is 46.2 Å². The van der Waals surface area contributed by atoms with Gasteiger partial charge < -0.3 is 9.47 Å². The van der Waals surface area contributed by atoms with Crippen molar-refractivity contribution in [3.05, 3.63) is 143 Å². The maximum absolute atomic E-state index is 13.9. The Hall–Kier alpha value is -4.15. The minimum absolute atomic E-state index is 0.0126. The molecule has 4 heteroatoms. The summed E-state index contributed by atoms with van der Waals surface area (Å²) in [6.07, 6.45) is 2.68. The van der Waals surface area contributed by atoms with Crippen LogP contribution in [-0.4, -0.2) is 46.5 Å². The lowest BCUT2D eigenvalue weighted by Crippen LogP contribution is -2.50. The first-order chi connectivity index (χ1) is 19.6. The third-order valence-corrected chi connectivity index (χ3v) is 8.42. The molecule has 40 heavy (non-hydrogen) atoms. The van der Waals surface area contributed by atoms with Gasteiger partial charge in [-0.25, -0.2) is 0 Å². The lowest BCUT2D eigenvalue weighted by Gasteiger charge is -2.40. The summed E-state index contributed by atoms with van der Waals surface area (Å²) in [5.74, 6) is 0.243. The molecule has 2 heterocycles. The number of aromatic nitrogens is 1. The van der Waals surface area contributed by atoms with Crippen LogP contribution in [0, 0.1) is 6.92 Å². The highest BCUT2D eigenvalue weighted by Gasteiger charge is 2.30. The molecule has 0 aliphatic carbocycles. The summed E-state index contributed by atoms with van der Waals surface area (Å²) in [6.45, 7) is 5.29. The summed E-state index contributed by atoms with van der Waals surface area (Å²) in [4.78, 5) is 18.5. The molecule has 0 radical (unpaired) electrons. The van der Waals surface area contributed by atoms with Crippen molar-refractivity contribution in [1.29, 1.82) is 0 Å². The average Bonchev–Trinajstić information content (AvgIpc) is 3.34. The van der Waals surface area contributed by atoms with Gasteiger partial charge in [-0.05, 0) is 35.2 Å². The van der Waals surface area contributed by atoms with Gasteiger partial charge in [-0.3, -0.25) is 9.69 Å². The van der Waals surface area contributed by atoms with Crippen LogP contribution in [0.5, 0.6) is 0 Å². The zero-order valence-electron chi connectivity index (χ0n) is 23.4. The highest BCUT2D eigenvalue weighted by atomic mass is 16.2. The molecule has 4 aromatic carbocycles. The predicted octanol–water partition coefficient (Wildman–Crippen LogP) is 6.94. The second kappa shape index (κ2) is 11.5. The van der Waals surface area contributed by atoms with E-state index in [2.05, 4.69) is 144 Å². The van der Waals surface area contributed by atoms with E-state index in [1.807, 2.05) is 0 Å². The maximum Gasteiger partial charge on any atom is 0.223 e. The summed E-state index contributed by atoms with van der Waals surface area (Å²) >= 11 is 0. The largest absolute Gasteiger partial charge is 0.350 e. The number of rotatable bonds is 7. The molecule has 1 saturated heterocycles. The molecular formula is C36H37N3O. The van der Waals surface area contributed by atoms with Gasteiger partial charge in [0.1, 0.15) is 0 Å². The van der Waals surface area contributed by atoms with Crippen LogP contribution in [0.4, 0.5) is 0 Å². The fourth-order valence-electron chi connectivity index (χ4n) is 6.27. The molecule has 0 bridgehead atoms. The minimum Gasteiger partial charge on any atom is -0.350 e. The number of piperazine rings is 1. The van der Waals surface area contributed by atoms with Crippen molar-refractivity contribution in [3.8, 4) is 0 Å². The summed E-state index contributed by atoms with van der Waals surface area (Å²) < 4.78 is 2.18. The number of amides is 1. The molecule has 1 aliphatic rings. The first kappa shape index (κ1) is 26.1. The van der Waals surface area contributed by atoms with Gasteiger partial charge >= 0.3 is 0 Å². The molecule has 0 unspecified atom stereocenters. The van der Waals surface area contributed by atoms with Gasteiger partial charge in [0, 0.05) is 62.7 Å². The number of nitrogens with zero attached hydrogens (tertiary/aromatic N) is 3. The van der Waals surface area contributed by atoms with Crippen molar-refractivity contribution in [3.63, 3.8) is 0 Å². The molecule has 1 amide bonds. The number of hydrogen-bond acceptors (Lipinski definition) is 2. The summed E-state index contributed by atoms with van der Waals surface area (Å²) in [5.41, 5.74) is 7.44. The molecule has 0 spiro atoms. The van der Waals surface area contributed by atoms with Crippen molar-refractivity contribution in [2.75, 3.05) is 26.2 Å². The van der Waals surface area contributed by atoms with E-state index in [4.69, 9.17) is 0 Å². The molecule has 1 aromatic heterocycles. The van der Waals surface area contributed by atoms with Crippen LogP contribution in [0.2, 0.25) is 0 Å². The zero-order chi connectivity index (χ0) is 27.5. The SMILES string of the molecule is Cc1ccc([C@H](CC(=O)N2CCN(C(c3ccccc3)c3ccccc3)CC2)c2cn(C)c3ccccc23)cc1. The Morgan fingerprint density at radius 2 is 1.27 bits per heavy atom. The highest BCUT2D eigenvalue weighted by molar-refractivity contribution is 5.86. The molecule has 1 atom stereocenters. The average molecular weight is 528 g/mol. The van der Waals surface area contributed by atoms with E-state index in [-0.39, 0.29) is 17.9 Å². The number of para-hydroxylation sites is 1. The first-order valence-corrected chi connectivity index (χ1v) is 14.3. The molecule has 0 saturated carbocycles. The van der Waals surface area contributed by atoms with Gasteiger partial charge in [-0.2, -0.15) is 0 Å². The Balaban J connectivity index is 1.23. The van der Waals surface area contributed by atoms with Gasteiger partial charge in [0.25, 0.3) is 0 Å². The maximum atomic E-state index is 13.9. The first-order valence-electron chi connectivity index (χ1n) is 14.3. The summed E-state index contributed by atoms with van der Waals surface area (Å²) in [5, 5.41) is 1.22. The third-order valence-electron chi connectivity index (χ3n) is 8.42. The van der Waals surface area contributed by atoms with E-state index in [1.54, 1.807) is 0 Å². The standard InChI is InChI=1S/C36H37N3O/c1-27-17-19-28(20-18-27)32(33-26-37(2)34-16-10-9-15-31(33)34)25-35(40)38-21-23-39(24-22-38)36(29-11-5-3-6-12-29)30-13-7-4-8-14-30/h3-20,26,32,36H,21-25H2,1-2H3/t32-/m0/s1. The van der Waals surface area contributed by atoms with Crippen molar-refractivity contribution in [1.82, 2.24) is 14.4 Å². The normalized spacial score (nSPS) is 15.0. The third kappa shape index (κ3) is 5.32. The number of fused-ring (bicyclic) bond motifs is 1. The topological polar surface area (TPSA) is 28.5 Å². The fraction of sp³-hybridized carbons (Fsp3) is 0.250. The van der Waals surface area contributed by atoms with Gasteiger partial charge in [0.2, 0.25) is 5.91 Å². The Morgan fingerprint density at radius 1 is 0.700 bits per heavy atom. The zero-order valence-corrected chi connectivity index (χ0v) is 23.4. The van der Waals surface area contributed by atoms with E-state index in [9.17, 15) is 4.79 Å². The highest BCUT2D eigenvalue weighted by Crippen LogP contribution is 2.36. The summed E-state index contributed by atoms with van der Waals surface area (Å²) in [7, 11) is 2.09. The lowest BCUT2D eigenvalue weighted by atomic mass is 9.87. The minimum atomic E-state index is 0.0126. The molecule has 0 N–H and O–H groups in total. The molecule has 5 aromatic rings. The van der Waals surface area contributed by atoms with Gasteiger partial charge in [0.05, 0.1) is 6.04 Å². The van der Waals surface area contributed by atoms with Crippen molar-refractivity contribution < 1.29 is 4.79 Å². The van der Waals surface area contributed by atoms with Gasteiger partial charge in [-0.1, -0.05) is 109 Å². The van der Waals surface area contributed by atoms with Crippen LogP contribution in [-0.2, 0) is 11.8 Å². The quantitative estimate of drug-likeness (QED) is 0.229. The smallest absolute Gasteiger partial charge is 0.223 e. The number of benzene rings is 4. The van der Waals surface area contributed by atoms with E-state index < -0.39 is 0 Å². The van der Waals surface area contributed by atoms with Crippen LogP contribution in [0.25, 0.3) is 10.9 Å². The molecular weight excluding hydrogens is 490 g/mol. The molecule has 1 aliphatic heterocycles. The second-order valence-corrected chi connectivity index (χ2v) is 11.0. The van der Waals surface area contributed by atoms with Gasteiger partial charge in [-0.15, -0.1) is 0 Å². The summed E-state index contributed by atoms with van der Waals surface area (Å²) in [6, 6.07) is 38.9. The fourth-order valence-corrected chi connectivity index (χ4v) is 6.27. The van der Waals surface area contributed by atoms with Crippen molar-refractivity contribution >= 4 is 16.8 Å². The van der Waals surface area contributed by atoms with Crippen LogP contribution < -0.4 is 0 Å². The second-order valence-electron chi connectivity index (χ2n) is 11.0. The van der Waals surface area contributed by atoms with Gasteiger partial charge in [0.15, 0.2) is 0 Å². The van der Waals surface area contributed by atoms with Crippen LogP contribution >= 0.6 is 0 Å². The molecule has 6 rings (SSSR count). The molecule has 4 nitrogen and oxygen atoms in total. The number of carbonyl (C=O) groups excluding carboxylic acids is 1. The Labute approximate surface area is 237 Å². The van der Waals surface area contributed by atoms with E-state index in [0.717, 1.165) is 26.2 Å². The van der Waals surface area contributed by atoms with E-state index in [1.165, 1.54) is 38.7 Å². The van der Waals surface area contributed by atoms with Crippen LogP contribution in [0.15, 0.2) is 115 Å². The van der Waals surface area contributed by atoms with E-state index in [0.29, 0.717) is 6.42 Å². The number of carbonyl (C=O) groups is 1. The van der Waals surface area contributed by atoms with E-state index >= 15 is 0 Å². The molecule has 202 valence electrons. The van der Waals surface area contributed by atoms with Crippen LogP contribution in [0.3, 0.4) is 0 Å². The molecule has 1 fully saturated rings.